The fraction of sp³-hybridized carbons (Fsp3) is 0.154. The van der Waals surface area contributed by atoms with E-state index in [2.05, 4.69) is 67.1 Å². The van der Waals surface area contributed by atoms with Crippen molar-refractivity contribution >= 4 is 22.9 Å². The molecule has 3 aromatic carbocycles. The van der Waals surface area contributed by atoms with Gasteiger partial charge in [-0.2, -0.15) is 5.10 Å². The summed E-state index contributed by atoms with van der Waals surface area (Å²) in [6.07, 6.45) is 1.71. The molecule has 4 heteroatoms. The molecule has 1 N–H and O–H groups in total. The summed E-state index contributed by atoms with van der Waals surface area (Å²) in [4.78, 5) is 12.5. The van der Waals surface area contributed by atoms with E-state index >= 15 is 0 Å². The molecule has 1 amide bonds. The first-order valence-corrected chi connectivity index (χ1v) is 10.0. The third-order valence-corrected chi connectivity index (χ3v) is 5.60. The number of hydrazone groups is 1. The number of hydrogen-bond donors (Lipinski definition) is 1. The average Bonchev–Trinajstić information content (AvgIpc) is 3.03. The first kappa shape index (κ1) is 19.6. The zero-order valence-corrected chi connectivity index (χ0v) is 17.7. The molecule has 0 saturated heterocycles. The van der Waals surface area contributed by atoms with Crippen LogP contribution in [0.25, 0.3) is 16.5 Å². The van der Waals surface area contributed by atoms with Gasteiger partial charge in [-0.15, -0.1) is 0 Å². The van der Waals surface area contributed by atoms with Crippen molar-refractivity contribution in [1.82, 2.24) is 9.99 Å². The molecular weight excluding hydrogens is 370 g/mol. The molecule has 150 valence electrons. The van der Waals surface area contributed by atoms with Crippen molar-refractivity contribution in [3.8, 4) is 5.69 Å². The molecule has 1 heterocycles. The fourth-order valence-corrected chi connectivity index (χ4v) is 3.74. The summed E-state index contributed by atoms with van der Waals surface area (Å²) in [5, 5.41) is 6.34. The molecule has 0 aliphatic heterocycles. The molecule has 1 aromatic heterocycles. The highest BCUT2D eigenvalue weighted by molar-refractivity contribution is 5.99. The molecule has 0 unspecified atom stereocenters. The average molecular weight is 396 g/mol. The first-order valence-electron chi connectivity index (χ1n) is 10.0. The van der Waals surface area contributed by atoms with Crippen LogP contribution in [-0.4, -0.2) is 16.7 Å². The minimum atomic E-state index is -0.222. The lowest BCUT2D eigenvalue weighted by atomic mass is 10.1. The van der Waals surface area contributed by atoms with E-state index < -0.39 is 0 Å². The van der Waals surface area contributed by atoms with Gasteiger partial charge in [-0.25, -0.2) is 5.43 Å². The number of carbonyl (C=O) groups is 1. The molecule has 0 bridgehead atoms. The largest absolute Gasteiger partial charge is 0.318 e. The normalized spacial score (nSPS) is 11.3. The summed E-state index contributed by atoms with van der Waals surface area (Å²) in [5.41, 5.74) is 10.1. The number of carbonyl (C=O) groups excluding carboxylic acids is 1. The molecule has 0 fully saturated rings. The zero-order chi connectivity index (χ0) is 21.3. The number of amides is 1. The highest BCUT2D eigenvalue weighted by Crippen LogP contribution is 2.22. The maximum Gasteiger partial charge on any atom is 0.271 e. The molecule has 4 aromatic rings. The Bertz CT molecular complexity index is 1280. The van der Waals surface area contributed by atoms with E-state index in [4.69, 9.17) is 0 Å². The number of nitrogens with one attached hydrogen (secondary N) is 1. The van der Waals surface area contributed by atoms with Crippen LogP contribution in [0.1, 0.15) is 38.4 Å². The Morgan fingerprint density at radius 1 is 0.867 bits per heavy atom. The van der Waals surface area contributed by atoms with Crippen LogP contribution in [-0.2, 0) is 0 Å². The smallest absolute Gasteiger partial charge is 0.271 e. The highest BCUT2D eigenvalue weighted by Gasteiger charge is 2.10. The van der Waals surface area contributed by atoms with Crippen molar-refractivity contribution in [2.75, 3.05) is 0 Å². The quantitative estimate of drug-likeness (QED) is 0.353. The van der Waals surface area contributed by atoms with Crippen LogP contribution in [0.4, 0.5) is 0 Å². The topological polar surface area (TPSA) is 46.4 Å². The SMILES string of the molecule is Cc1ccc(-n2c(C)cc(/C=N\NC(=O)c3ccc4ccccc4c3)c2C)cc1C. The van der Waals surface area contributed by atoms with E-state index in [1.165, 1.54) is 11.1 Å². The van der Waals surface area contributed by atoms with Crippen molar-refractivity contribution in [2.45, 2.75) is 27.7 Å². The van der Waals surface area contributed by atoms with Gasteiger partial charge in [0.05, 0.1) is 6.21 Å². The van der Waals surface area contributed by atoms with E-state index in [-0.39, 0.29) is 5.91 Å². The summed E-state index contributed by atoms with van der Waals surface area (Å²) in [6, 6.07) is 22.2. The van der Waals surface area contributed by atoms with Crippen molar-refractivity contribution in [2.24, 2.45) is 5.10 Å². The summed E-state index contributed by atoms with van der Waals surface area (Å²) in [7, 11) is 0. The zero-order valence-electron chi connectivity index (χ0n) is 17.7. The second-order valence-electron chi connectivity index (χ2n) is 7.69. The van der Waals surface area contributed by atoms with Crippen molar-refractivity contribution < 1.29 is 4.79 Å². The Morgan fingerprint density at radius 2 is 1.63 bits per heavy atom. The number of aryl methyl sites for hydroxylation is 3. The van der Waals surface area contributed by atoms with E-state index in [0.29, 0.717) is 5.56 Å². The van der Waals surface area contributed by atoms with E-state index in [9.17, 15) is 4.79 Å². The Morgan fingerprint density at radius 3 is 2.40 bits per heavy atom. The van der Waals surface area contributed by atoms with Crippen molar-refractivity contribution in [3.05, 3.63) is 100 Å². The Kier molecular flexibility index (Phi) is 5.23. The van der Waals surface area contributed by atoms with Gasteiger partial charge < -0.3 is 4.57 Å². The number of benzene rings is 3. The number of nitrogens with zero attached hydrogens (tertiary/aromatic N) is 2. The minimum absolute atomic E-state index is 0.222. The van der Waals surface area contributed by atoms with Gasteiger partial charge in [-0.05, 0) is 79.9 Å². The maximum absolute atomic E-state index is 12.5. The van der Waals surface area contributed by atoms with Gasteiger partial charge in [0.2, 0.25) is 0 Å². The summed E-state index contributed by atoms with van der Waals surface area (Å²) in [6.45, 7) is 8.38. The number of fused-ring (bicyclic) bond motifs is 1. The van der Waals surface area contributed by atoms with Gasteiger partial charge in [0.1, 0.15) is 0 Å². The van der Waals surface area contributed by atoms with Crippen LogP contribution < -0.4 is 5.43 Å². The lowest BCUT2D eigenvalue weighted by molar-refractivity contribution is 0.0955. The molecule has 0 radical (unpaired) electrons. The van der Waals surface area contributed by atoms with Gasteiger partial charge in [0.25, 0.3) is 5.91 Å². The van der Waals surface area contributed by atoms with E-state index in [1.807, 2.05) is 42.5 Å². The number of rotatable bonds is 4. The Hall–Kier alpha value is -3.66. The van der Waals surface area contributed by atoms with Gasteiger partial charge in [0, 0.05) is 28.2 Å². The van der Waals surface area contributed by atoms with Crippen LogP contribution in [0.5, 0.6) is 0 Å². The predicted molar refractivity (Wildman–Crippen MR) is 124 cm³/mol. The molecule has 0 aliphatic rings. The first-order chi connectivity index (χ1) is 14.4. The van der Waals surface area contributed by atoms with Gasteiger partial charge in [-0.1, -0.05) is 36.4 Å². The third-order valence-electron chi connectivity index (χ3n) is 5.60. The fourth-order valence-electron chi connectivity index (χ4n) is 3.74. The van der Waals surface area contributed by atoms with Crippen LogP contribution in [0.3, 0.4) is 0 Å². The van der Waals surface area contributed by atoms with Crippen LogP contribution in [0, 0.1) is 27.7 Å². The minimum Gasteiger partial charge on any atom is -0.318 e. The van der Waals surface area contributed by atoms with Crippen LogP contribution in [0.2, 0.25) is 0 Å². The highest BCUT2D eigenvalue weighted by atomic mass is 16.2. The maximum atomic E-state index is 12.5. The molecular formula is C26H25N3O. The molecule has 0 atom stereocenters. The molecule has 0 saturated carbocycles. The van der Waals surface area contributed by atoms with Crippen molar-refractivity contribution in [3.63, 3.8) is 0 Å². The molecule has 4 nitrogen and oxygen atoms in total. The predicted octanol–water partition coefficient (Wildman–Crippen LogP) is 5.63. The van der Waals surface area contributed by atoms with Crippen LogP contribution in [0.15, 0.2) is 71.8 Å². The lowest BCUT2D eigenvalue weighted by Crippen LogP contribution is -2.17. The Labute approximate surface area is 176 Å². The van der Waals surface area contributed by atoms with Crippen LogP contribution >= 0.6 is 0 Å². The number of hydrogen-bond acceptors (Lipinski definition) is 2. The monoisotopic (exact) mass is 395 g/mol. The van der Waals surface area contributed by atoms with E-state index in [0.717, 1.165) is 33.4 Å². The standard InChI is InChI=1S/C26H25N3O/c1-17-9-12-25(13-18(17)2)29-19(3)14-24(20(29)4)16-27-28-26(30)23-11-10-21-7-5-6-8-22(21)15-23/h5-16H,1-4H3,(H,28,30)/b27-16-. The van der Waals surface area contributed by atoms with Gasteiger partial charge >= 0.3 is 0 Å². The molecule has 30 heavy (non-hydrogen) atoms. The Balaban J connectivity index is 1.54. The lowest BCUT2D eigenvalue weighted by Gasteiger charge is -2.11. The molecule has 0 aliphatic carbocycles. The summed E-state index contributed by atoms with van der Waals surface area (Å²) < 4.78 is 2.21. The number of aromatic nitrogens is 1. The van der Waals surface area contributed by atoms with E-state index in [1.54, 1.807) is 6.21 Å². The van der Waals surface area contributed by atoms with Crippen molar-refractivity contribution in [1.29, 1.82) is 0 Å². The third kappa shape index (κ3) is 3.77. The van der Waals surface area contributed by atoms with Gasteiger partial charge in [0.15, 0.2) is 0 Å². The second kappa shape index (κ2) is 7.99. The second-order valence-corrected chi connectivity index (χ2v) is 7.69. The summed E-state index contributed by atoms with van der Waals surface area (Å²) >= 11 is 0. The molecule has 4 rings (SSSR count). The van der Waals surface area contributed by atoms with Gasteiger partial charge in [-0.3, -0.25) is 4.79 Å². The molecule has 0 spiro atoms. The summed E-state index contributed by atoms with van der Waals surface area (Å²) in [5.74, 6) is -0.222.